The van der Waals surface area contributed by atoms with Crippen LogP contribution in [0, 0.1) is 0 Å². The molecule has 5 aromatic rings. The van der Waals surface area contributed by atoms with E-state index in [1.807, 2.05) is 0 Å². The van der Waals surface area contributed by atoms with Crippen molar-refractivity contribution in [1.29, 1.82) is 0 Å². The first-order valence-electron chi connectivity index (χ1n) is 8.00. The molecule has 0 saturated carbocycles. The van der Waals surface area contributed by atoms with Gasteiger partial charge in [0.2, 0.25) is 0 Å². The van der Waals surface area contributed by atoms with Crippen molar-refractivity contribution in [1.82, 2.24) is 0 Å². The molecule has 0 amide bonds. The van der Waals surface area contributed by atoms with Gasteiger partial charge in [-0.25, -0.2) is 0 Å². The van der Waals surface area contributed by atoms with Gasteiger partial charge < -0.3 is 0 Å². The molecule has 0 heteroatoms. The second-order valence-electron chi connectivity index (χ2n) is 6.38. The summed E-state index contributed by atoms with van der Waals surface area (Å²) in [7, 11) is 0. The molecule has 0 radical (unpaired) electrons. The third kappa shape index (κ3) is 1.55. The van der Waals surface area contributed by atoms with Gasteiger partial charge in [-0.1, -0.05) is 78.9 Å². The van der Waals surface area contributed by atoms with E-state index in [0.29, 0.717) is 0 Å². The summed E-state index contributed by atoms with van der Waals surface area (Å²) in [5.41, 5.74) is 2.38. The summed E-state index contributed by atoms with van der Waals surface area (Å²) in [6.45, 7) is 6.31. The maximum Gasteiger partial charge on any atom is -0.00142 e. The monoisotopic (exact) mass is 292 g/mol. The van der Waals surface area contributed by atoms with Crippen molar-refractivity contribution in [3.05, 3.63) is 78.9 Å². The lowest BCUT2D eigenvalue weighted by molar-refractivity contribution is 1.67. The molecule has 0 atom stereocenters. The Hall–Kier alpha value is -2.86. The maximum absolute atomic E-state index is 4.21. The molecule has 0 spiro atoms. The lowest BCUT2D eigenvalue weighted by Crippen LogP contribution is -1.90. The van der Waals surface area contributed by atoms with Crippen LogP contribution in [0.15, 0.2) is 73.3 Å². The molecule has 0 unspecified atom stereocenters. The largest absolute Gasteiger partial charge is 0.0955 e. The van der Waals surface area contributed by atoms with Crippen molar-refractivity contribution in [2.45, 2.75) is 6.92 Å². The smallest absolute Gasteiger partial charge is 0.00142 e. The van der Waals surface area contributed by atoms with Gasteiger partial charge in [0.05, 0.1) is 0 Å². The molecule has 5 rings (SSSR count). The molecule has 23 heavy (non-hydrogen) atoms. The number of allylic oxidation sites excluding steroid dienone is 1. The minimum Gasteiger partial charge on any atom is -0.0955 e. The summed E-state index contributed by atoms with van der Waals surface area (Å²) in [6.07, 6.45) is 0. The first kappa shape index (κ1) is 12.7. The molecule has 0 heterocycles. The number of hydrogen-bond acceptors (Lipinski definition) is 0. The first-order chi connectivity index (χ1) is 11.3. The quantitative estimate of drug-likeness (QED) is 0.236. The highest BCUT2D eigenvalue weighted by molar-refractivity contribution is 6.35. The number of fused-ring (bicyclic) bond motifs is 3. The van der Waals surface area contributed by atoms with Crippen LogP contribution < -0.4 is 0 Å². The SMILES string of the molecule is C=C(C)c1ccc2ccc3cccc4c5ccccc5c1c2c34. The van der Waals surface area contributed by atoms with Crippen molar-refractivity contribution in [3.63, 3.8) is 0 Å². The molecule has 5 aromatic carbocycles. The van der Waals surface area contributed by atoms with E-state index in [0.717, 1.165) is 5.57 Å². The predicted molar refractivity (Wildman–Crippen MR) is 102 cm³/mol. The Kier molecular flexibility index (Phi) is 2.38. The third-order valence-corrected chi connectivity index (χ3v) is 4.97. The van der Waals surface area contributed by atoms with Crippen molar-refractivity contribution in [3.8, 4) is 0 Å². The molecule has 0 nitrogen and oxygen atoms in total. The molecule has 0 saturated heterocycles. The maximum atomic E-state index is 4.21. The van der Waals surface area contributed by atoms with Gasteiger partial charge in [0.25, 0.3) is 0 Å². The van der Waals surface area contributed by atoms with E-state index in [9.17, 15) is 0 Å². The highest BCUT2D eigenvalue weighted by atomic mass is 14.2. The Balaban J connectivity index is 2.28. The van der Waals surface area contributed by atoms with E-state index in [-0.39, 0.29) is 0 Å². The minimum absolute atomic E-state index is 1.12. The van der Waals surface area contributed by atoms with Gasteiger partial charge in [-0.3, -0.25) is 0 Å². The number of rotatable bonds is 1. The summed E-state index contributed by atoms with van der Waals surface area (Å²) in [6, 6.07) is 24.3. The second kappa shape index (κ2) is 4.33. The molecule has 0 bridgehead atoms. The fraction of sp³-hybridized carbons (Fsp3) is 0.0435. The zero-order valence-corrected chi connectivity index (χ0v) is 13.1. The highest BCUT2D eigenvalue weighted by Gasteiger charge is 2.15. The lowest BCUT2D eigenvalue weighted by atomic mass is 9.86. The molecule has 0 N–H and O–H groups in total. The second-order valence-corrected chi connectivity index (χ2v) is 6.38. The zero-order chi connectivity index (χ0) is 15.6. The fourth-order valence-corrected chi connectivity index (χ4v) is 3.99. The fourth-order valence-electron chi connectivity index (χ4n) is 3.99. The summed E-state index contributed by atoms with van der Waals surface area (Å²) >= 11 is 0. The molecular formula is C23H16. The van der Waals surface area contributed by atoms with Crippen LogP contribution in [0.5, 0.6) is 0 Å². The molecule has 0 aliphatic rings. The summed E-state index contributed by atoms with van der Waals surface area (Å²) in [5.74, 6) is 0. The van der Waals surface area contributed by atoms with E-state index < -0.39 is 0 Å². The zero-order valence-electron chi connectivity index (χ0n) is 13.1. The Morgan fingerprint density at radius 3 is 2.00 bits per heavy atom. The molecule has 0 fully saturated rings. The summed E-state index contributed by atoms with van der Waals surface area (Å²) in [4.78, 5) is 0. The number of benzene rings is 5. The Bertz CT molecular complexity index is 1220. The van der Waals surface area contributed by atoms with E-state index in [1.165, 1.54) is 48.7 Å². The summed E-state index contributed by atoms with van der Waals surface area (Å²) in [5, 5.41) is 10.7. The van der Waals surface area contributed by atoms with Crippen LogP contribution in [0.1, 0.15) is 12.5 Å². The van der Waals surface area contributed by atoms with Crippen LogP contribution >= 0.6 is 0 Å². The topological polar surface area (TPSA) is 0 Å². The van der Waals surface area contributed by atoms with Crippen LogP contribution in [-0.2, 0) is 0 Å². The van der Waals surface area contributed by atoms with Crippen molar-refractivity contribution < 1.29 is 0 Å². The van der Waals surface area contributed by atoms with Gasteiger partial charge in [-0.05, 0) is 55.6 Å². The third-order valence-electron chi connectivity index (χ3n) is 4.97. The van der Waals surface area contributed by atoms with Crippen LogP contribution in [0.2, 0.25) is 0 Å². The van der Waals surface area contributed by atoms with Gasteiger partial charge >= 0.3 is 0 Å². The van der Waals surface area contributed by atoms with E-state index in [1.54, 1.807) is 0 Å². The standard InChI is InChI=1S/C23H16/c1-14(2)17-13-12-16-11-10-15-6-5-9-19-18-7-3-4-8-20(18)23(17)22(16)21(15)19/h3-13H,1H2,2H3. The van der Waals surface area contributed by atoms with Gasteiger partial charge in [-0.2, -0.15) is 0 Å². The summed E-state index contributed by atoms with van der Waals surface area (Å²) < 4.78 is 0. The Morgan fingerprint density at radius 1 is 0.609 bits per heavy atom. The minimum atomic E-state index is 1.12. The lowest BCUT2D eigenvalue weighted by Gasteiger charge is -2.17. The molecule has 0 aromatic heterocycles. The Labute approximate surface area is 135 Å². The van der Waals surface area contributed by atoms with Gasteiger partial charge in [0.1, 0.15) is 0 Å². The van der Waals surface area contributed by atoms with Crippen molar-refractivity contribution in [2.75, 3.05) is 0 Å². The van der Waals surface area contributed by atoms with Crippen molar-refractivity contribution >= 4 is 48.7 Å². The van der Waals surface area contributed by atoms with E-state index >= 15 is 0 Å². The van der Waals surface area contributed by atoms with Crippen molar-refractivity contribution in [2.24, 2.45) is 0 Å². The number of hydrogen-bond donors (Lipinski definition) is 0. The van der Waals surface area contributed by atoms with E-state index in [4.69, 9.17) is 0 Å². The molecule has 108 valence electrons. The van der Waals surface area contributed by atoms with Crippen LogP contribution in [0.3, 0.4) is 0 Å². The molecule has 0 aliphatic heterocycles. The predicted octanol–water partition coefficient (Wildman–Crippen LogP) is 6.77. The molecule has 0 aliphatic carbocycles. The van der Waals surface area contributed by atoms with Gasteiger partial charge in [0, 0.05) is 0 Å². The first-order valence-corrected chi connectivity index (χ1v) is 8.00. The van der Waals surface area contributed by atoms with Crippen LogP contribution in [-0.4, -0.2) is 0 Å². The highest BCUT2D eigenvalue weighted by Crippen LogP contribution is 2.42. The molecular weight excluding hydrogens is 276 g/mol. The van der Waals surface area contributed by atoms with Gasteiger partial charge in [0.15, 0.2) is 0 Å². The van der Waals surface area contributed by atoms with Crippen LogP contribution in [0.4, 0.5) is 0 Å². The van der Waals surface area contributed by atoms with E-state index in [2.05, 4.69) is 80.2 Å². The van der Waals surface area contributed by atoms with Gasteiger partial charge in [-0.15, -0.1) is 0 Å². The normalized spacial score (nSPS) is 11.9. The Morgan fingerprint density at radius 2 is 1.22 bits per heavy atom. The average Bonchev–Trinajstić information content (AvgIpc) is 2.60. The average molecular weight is 292 g/mol. The van der Waals surface area contributed by atoms with Crippen LogP contribution in [0.25, 0.3) is 48.7 Å².